The van der Waals surface area contributed by atoms with E-state index >= 15 is 0 Å². The number of aromatic amines is 1. The Bertz CT molecular complexity index is 731. The zero-order valence-corrected chi connectivity index (χ0v) is 10.3. The highest BCUT2D eigenvalue weighted by Crippen LogP contribution is 2.14. The molecule has 2 heterocycles. The molecular weight excluding hydrogens is 240 g/mol. The van der Waals surface area contributed by atoms with Crippen molar-refractivity contribution in [1.29, 1.82) is 0 Å². The molecule has 6 heteroatoms. The topological polar surface area (TPSA) is 78.8 Å². The molecule has 0 aliphatic heterocycles. The smallest absolute Gasteiger partial charge is 0.182 e. The number of benzene rings is 1. The quantitative estimate of drug-likeness (QED) is 0.552. The summed E-state index contributed by atoms with van der Waals surface area (Å²) < 4.78 is 0. The number of anilines is 1. The lowest BCUT2D eigenvalue weighted by atomic mass is 10.1. The zero-order valence-electron chi connectivity index (χ0n) is 10.3. The molecule has 19 heavy (non-hydrogen) atoms. The van der Waals surface area contributed by atoms with Crippen LogP contribution in [0.4, 0.5) is 5.82 Å². The van der Waals surface area contributed by atoms with Crippen molar-refractivity contribution >= 4 is 23.2 Å². The van der Waals surface area contributed by atoms with Gasteiger partial charge in [-0.3, -0.25) is 5.43 Å². The van der Waals surface area contributed by atoms with Crippen LogP contribution in [0.3, 0.4) is 0 Å². The minimum atomic E-state index is 0.604. The van der Waals surface area contributed by atoms with Gasteiger partial charge in [-0.25, -0.2) is 15.0 Å². The number of H-pyrrole nitrogens is 1. The molecule has 2 N–H and O–H groups in total. The zero-order chi connectivity index (χ0) is 13.1. The van der Waals surface area contributed by atoms with E-state index in [0.29, 0.717) is 11.5 Å². The van der Waals surface area contributed by atoms with Crippen molar-refractivity contribution < 1.29 is 0 Å². The lowest BCUT2D eigenvalue weighted by molar-refractivity contribution is 1.17. The summed E-state index contributed by atoms with van der Waals surface area (Å²) in [5.74, 6) is 0.604. The maximum atomic E-state index is 4.19. The van der Waals surface area contributed by atoms with Crippen molar-refractivity contribution in [3.8, 4) is 0 Å². The average molecular weight is 252 g/mol. The fourth-order valence-electron chi connectivity index (χ4n) is 1.74. The standard InChI is InChI=1S/C13H12N6/c1-9-4-2-3-5-10(9)6-18-19-13-11-12(15-7-14-11)16-8-17-13/h2-8H,1H3,(H2,14,15,16,17,19)/b18-6-. The molecule has 94 valence electrons. The van der Waals surface area contributed by atoms with E-state index in [9.17, 15) is 0 Å². The number of hydrazone groups is 1. The van der Waals surface area contributed by atoms with Crippen molar-refractivity contribution in [2.45, 2.75) is 6.92 Å². The van der Waals surface area contributed by atoms with E-state index in [1.165, 1.54) is 11.9 Å². The van der Waals surface area contributed by atoms with Gasteiger partial charge in [0.1, 0.15) is 11.8 Å². The summed E-state index contributed by atoms with van der Waals surface area (Å²) in [6, 6.07) is 8.02. The Balaban J connectivity index is 1.83. The van der Waals surface area contributed by atoms with E-state index < -0.39 is 0 Å². The van der Waals surface area contributed by atoms with E-state index in [0.717, 1.165) is 11.1 Å². The van der Waals surface area contributed by atoms with Gasteiger partial charge < -0.3 is 4.98 Å². The summed E-state index contributed by atoms with van der Waals surface area (Å²) in [4.78, 5) is 15.2. The van der Waals surface area contributed by atoms with E-state index in [4.69, 9.17) is 0 Å². The summed E-state index contributed by atoms with van der Waals surface area (Å²) >= 11 is 0. The van der Waals surface area contributed by atoms with Crippen molar-refractivity contribution in [2.24, 2.45) is 5.10 Å². The Morgan fingerprint density at radius 2 is 2.11 bits per heavy atom. The second-order valence-electron chi connectivity index (χ2n) is 4.05. The van der Waals surface area contributed by atoms with E-state index in [1.807, 2.05) is 31.2 Å². The number of rotatable bonds is 3. The minimum Gasteiger partial charge on any atom is -0.340 e. The second kappa shape index (κ2) is 4.85. The number of aryl methyl sites for hydroxylation is 1. The van der Waals surface area contributed by atoms with Crippen LogP contribution in [-0.4, -0.2) is 26.2 Å². The van der Waals surface area contributed by atoms with Gasteiger partial charge >= 0.3 is 0 Å². The largest absolute Gasteiger partial charge is 0.340 e. The van der Waals surface area contributed by atoms with Crippen LogP contribution in [0.5, 0.6) is 0 Å². The molecule has 3 rings (SSSR count). The highest BCUT2D eigenvalue weighted by Gasteiger charge is 2.03. The van der Waals surface area contributed by atoms with Crippen molar-refractivity contribution in [2.75, 3.05) is 5.43 Å². The number of aromatic nitrogens is 4. The summed E-state index contributed by atoms with van der Waals surface area (Å²) in [7, 11) is 0. The fourth-order valence-corrected chi connectivity index (χ4v) is 1.74. The Morgan fingerprint density at radius 3 is 3.00 bits per heavy atom. The first-order valence-electron chi connectivity index (χ1n) is 5.83. The van der Waals surface area contributed by atoms with Crippen LogP contribution >= 0.6 is 0 Å². The number of imidazole rings is 1. The molecule has 0 radical (unpaired) electrons. The SMILES string of the molecule is Cc1ccccc1/C=N\Nc1ncnc2nc[nH]c12. The van der Waals surface area contributed by atoms with Gasteiger partial charge in [0.2, 0.25) is 0 Å². The van der Waals surface area contributed by atoms with Gasteiger partial charge in [-0.05, 0) is 18.1 Å². The third-order valence-corrected chi connectivity index (χ3v) is 2.79. The van der Waals surface area contributed by atoms with Gasteiger partial charge in [-0.2, -0.15) is 5.10 Å². The highest BCUT2D eigenvalue weighted by molar-refractivity contribution is 5.85. The predicted molar refractivity (Wildman–Crippen MR) is 74.1 cm³/mol. The lowest BCUT2D eigenvalue weighted by Crippen LogP contribution is -1.96. The molecule has 0 unspecified atom stereocenters. The number of nitrogens with one attached hydrogen (secondary N) is 2. The average Bonchev–Trinajstić information content (AvgIpc) is 2.90. The summed E-state index contributed by atoms with van der Waals surface area (Å²) in [6.45, 7) is 2.04. The van der Waals surface area contributed by atoms with Crippen molar-refractivity contribution in [3.63, 3.8) is 0 Å². The number of nitrogens with zero attached hydrogens (tertiary/aromatic N) is 4. The first-order valence-corrected chi connectivity index (χ1v) is 5.83. The lowest BCUT2D eigenvalue weighted by Gasteiger charge is -2.00. The molecule has 2 aromatic heterocycles. The minimum absolute atomic E-state index is 0.604. The fraction of sp³-hybridized carbons (Fsp3) is 0.0769. The molecule has 0 saturated carbocycles. The summed E-state index contributed by atoms with van der Waals surface area (Å²) in [5.41, 5.74) is 6.48. The molecule has 1 aromatic carbocycles. The molecule has 0 amide bonds. The van der Waals surface area contributed by atoms with Crippen LogP contribution in [0.1, 0.15) is 11.1 Å². The summed E-state index contributed by atoms with van der Waals surface area (Å²) in [5, 5.41) is 4.19. The van der Waals surface area contributed by atoms with E-state index in [-0.39, 0.29) is 0 Å². The van der Waals surface area contributed by atoms with Crippen LogP contribution in [-0.2, 0) is 0 Å². The molecule has 0 aliphatic carbocycles. The van der Waals surface area contributed by atoms with E-state index in [2.05, 4.69) is 30.5 Å². The maximum Gasteiger partial charge on any atom is 0.182 e. The normalized spacial score (nSPS) is 11.2. The van der Waals surface area contributed by atoms with Crippen LogP contribution in [0.25, 0.3) is 11.2 Å². The van der Waals surface area contributed by atoms with E-state index in [1.54, 1.807) is 12.5 Å². The number of hydrogen-bond acceptors (Lipinski definition) is 5. The maximum absolute atomic E-state index is 4.19. The van der Waals surface area contributed by atoms with Crippen LogP contribution in [0, 0.1) is 6.92 Å². The monoisotopic (exact) mass is 252 g/mol. The Kier molecular flexibility index (Phi) is 2.89. The third kappa shape index (κ3) is 2.28. The Hall–Kier alpha value is -2.76. The molecule has 0 bridgehead atoms. The summed E-state index contributed by atoms with van der Waals surface area (Å²) in [6.07, 6.45) is 4.80. The molecule has 6 nitrogen and oxygen atoms in total. The van der Waals surface area contributed by atoms with Gasteiger partial charge in [0.05, 0.1) is 12.5 Å². The first kappa shape index (κ1) is 11.3. The van der Waals surface area contributed by atoms with Crippen LogP contribution < -0.4 is 5.43 Å². The first-order chi connectivity index (χ1) is 9.34. The van der Waals surface area contributed by atoms with Crippen molar-refractivity contribution in [3.05, 3.63) is 48.0 Å². The molecule has 0 aliphatic rings. The van der Waals surface area contributed by atoms with Gasteiger partial charge in [-0.1, -0.05) is 24.3 Å². The molecule has 0 saturated heterocycles. The Labute approximate surface area is 109 Å². The molecule has 0 spiro atoms. The molecule has 0 fully saturated rings. The molecule has 3 aromatic rings. The predicted octanol–water partition coefficient (Wildman–Crippen LogP) is 2.11. The second-order valence-corrected chi connectivity index (χ2v) is 4.05. The number of hydrogen-bond donors (Lipinski definition) is 2. The third-order valence-electron chi connectivity index (χ3n) is 2.79. The molecular formula is C13H12N6. The molecule has 0 atom stereocenters. The van der Waals surface area contributed by atoms with Gasteiger partial charge in [0.25, 0.3) is 0 Å². The number of fused-ring (bicyclic) bond motifs is 1. The van der Waals surface area contributed by atoms with Gasteiger partial charge in [0, 0.05) is 0 Å². The van der Waals surface area contributed by atoms with Gasteiger partial charge in [0.15, 0.2) is 11.5 Å². The van der Waals surface area contributed by atoms with Crippen LogP contribution in [0.15, 0.2) is 42.0 Å². The van der Waals surface area contributed by atoms with Crippen molar-refractivity contribution in [1.82, 2.24) is 19.9 Å². The Morgan fingerprint density at radius 1 is 1.21 bits per heavy atom. The van der Waals surface area contributed by atoms with Gasteiger partial charge in [-0.15, -0.1) is 0 Å². The van der Waals surface area contributed by atoms with Crippen LogP contribution in [0.2, 0.25) is 0 Å². The highest BCUT2D eigenvalue weighted by atomic mass is 15.3.